The number of anilines is 1. The maximum absolute atomic E-state index is 13.7. The van der Waals surface area contributed by atoms with Gasteiger partial charge in [0.25, 0.3) is 0 Å². The number of halogens is 1. The Balaban J connectivity index is 1.33. The molecule has 0 unspecified atom stereocenters. The molecule has 1 saturated heterocycles. The molecule has 0 saturated carbocycles. The average molecular weight is 481 g/mol. The van der Waals surface area contributed by atoms with Crippen molar-refractivity contribution in [3.8, 4) is 22.3 Å². The second-order valence-electron chi connectivity index (χ2n) is 9.44. The third-order valence-corrected chi connectivity index (χ3v) is 7.09. The van der Waals surface area contributed by atoms with Crippen LogP contribution in [0.15, 0.2) is 67.0 Å². The minimum absolute atomic E-state index is 0.231. The summed E-state index contributed by atoms with van der Waals surface area (Å²) in [6, 6.07) is 17.7. The highest BCUT2D eigenvalue weighted by Crippen LogP contribution is 2.35. The van der Waals surface area contributed by atoms with Crippen LogP contribution in [0.3, 0.4) is 0 Å². The Morgan fingerprint density at radius 1 is 0.972 bits per heavy atom. The van der Waals surface area contributed by atoms with E-state index in [0.717, 1.165) is 76.4 Å². The van der Waals surface area contributed by atoms with E-state index in [0.29, 0.717) is 6.54 Å². The minimum atomic E-state index is -0.231. The molecule has 0 aliphatic carbocycles. The van der Waals surface area contributed by atoms with Gasteiger partial charge in [-0.25, -0.2) is 9.37 Å². The zero-order chi connectivity index (χ0) is 24.6. The van der Waals surface area contributed by atoms with Crippen LogP contribution >= 0.6 is 0 Å². The molecular formula is C29H29FN6. The summed E-state index contributed by atoms with van der Waals surface area (Å²) in [5.74, 6) is -0.231. The third-order valence-electron chi connectivity index (χ3n) is 7.09. The highest BCUT2D eigenvalue weighted by atomic mass is 19.1. The van der Waals surface area contributed by atoms with E-state index in [1.54, 1.807) is 12.1 Å². The van der Waals surface area contributed by atoms with Crippen LogP contribution in [0.2, 0.25) is 0 Å². The van der Waals surface area contributed by atoms with Crippen LogP contribution in [0, 0.1) is 19.7 Å². The number of hydrogen-bond acceptors (Lipinski definition) is 4. The van der Waals surface area contributed by atoms with Gasteiger partial charge < -0.3 is 15.2 Å². The van der Waals surface area contributed by atoms with Crippen molar-refractivity contribution in [2.24, 2.45) is 0 Å². The van der Waals surface area contributed by atoms with E-state index in [-0.39, 0.29) is 5.82 Å². The van der Waals surface area contributed by atoms with Gasteiger partial charge in [-0.3, -0.25) is 4.68 Å². The molecule has 6 nitrogen and oxygen atoms in total. The molecule has 0 bridgehead atoms. The van der Waals surface area contributed by atoms with Gasteiger partial charge in [-0.2, -0.15) is 5.10 Å². The first kappa shape index (κ1) is 22.5. The van der Waals surface area contributed by atoms with Crippen LogP contribution in [-0.2, 0) is 6.54 Å². The number of aryl methyl sites for hydroxylation is 1. The molecule has 0 spiro atoms. The molecule has 36 heavy (non-hydrogen) atoms. The molecule has 1 fully saturated rings. The Hall–Kier alpha value is -3.97. The van der Waals surface area contributed by atoms with Gasteiger partial charge in [-0.15, -0.1) is 0 Å². The lowest BCUT2D eigenvalue weighted by atomic mass is 10.0. The first-order chi connectivity index (χ1) is 17.6. The Morgan fingerprint density at radius 3 is 2.56 bits per heavy atom. The van der Waals surface area contributed by atoms with Crippen LogP contribution in [-0.4, -0.2) is 45.9 Å². The first-order valence-electron chi connectivity index (χ1n) is 12.4. The molecule has 6 rings (SSSR count). The highest BCUT2D eigenvalue weighted by Gasteiger charge is 2.18. The zero-order valence-corrected chi connectivity index (χ0v) is 20.6. The highest BCUT2D eigenvalue weighted by molar-refractivity contribution is 5.97. The van der Waals surface area contributed by atoms with Crippen molar-refractivity contribution in [1.82, 2.24) is 25.1 Å². The maximum atomic E-state index is 13.7. The van der Waals surface area contributed by atoms with Crippen molar-refractivity contribution >= 4 is 16.7 Å². The molecule has 182 valence electrons. The SMILES string of the molecule is Cc1nn(Cc2cccc(F)c2)c(C)c1-c1c[nH]c2ncc(-c3ccc(N4CCNCC4)cc3)cc12. The first-order valence-corrected chi connectivity index (χ1v) is 12.4. The number of pyridine rings is 1. The zero-order valence-electron chi connectivity index (χ0n) is 20.6. The summed E-state index contributed by atoms with van der Waals surface area (Å²) in [4.78, 5) is 10.5. The number of fused-ring (bicyclic) bond motifs is 1. The van der Waals surface area contributed by atoms with E-state index in [1.807, 2.05) is 30.1 Å². The van der Waals surface area contributed by atoms with Gasteiger partial charge in [0.15, 0.2) is 0 Å². The van der Waals surface area contributed by atoms with Crippen LogP contribution in [0.1, 0.15) is 17.0 Å². The smallest absolute Gasteiger partial charge is 0.137 e. The fourth-order valence-corrected chi connectivity index (χ4v) is 5.20. The van der Waals surface area contributed by atoms with Crippen LogP contribution in [0.4, 0.5) is 10.1 Å². The summed E-state index contributed by atoms with van der Waals surface area (Å²) in [5, 5.41) is 9.25. The summed E-state index contributed by atoms with van der Waals surface area (Å²) in [7, 11) is 0. The lowest BCUT2D eigenvalue weighted by Crippen LogP contribution is -2.43. The number of benzene rings is 2. The maximum Gasteiger partial charge on any atom is 0.137 e. The Morgan fingerprint density at radius 2 is 1.78 bits per heavy atom. The standard InChI is InChI=1S/C29H29FN6/c1-19-28(20(2)36(34-19)18-21-4-3-5-24(30)14-21)27-17-33-29-26(27)15-23(16-32-29)22-6-8-25(9-7-22)35-12-10-31-11-13-35/h3-9,14-17,31H,10-13,18H2,1-2H3,(H,32,33). The molecule has 0 amide bonds. The number of aromatic amines is 1. The number of rotatable bonds is 5. The van der Waals surface area contributed by atoms with Crippen molar-refractivity contribution in [3.63, 3.8) is 0 Å². The molecule has 0 atom stereocenters. The molecule has 4 heterocycles. The van der Waals surface area contributed by atoms with E-state index in [4.69, 9.17) is 10.1 Å². The molecule has 1 aliphatic rings. The van der Waals surface area contributed by atoms with Crippen LogP contribution < -0.4 is 10.2 Å². The van der Waals surface area contributed by atoms with Gasteiger partial charge in [0.1, 0.15) is 11.5 Å². The fourth-order valence-electron chi connectivity index (χ4n) is 5.20. The molecule has 2 aromatic carbocycles. The number of aromatic nitrogens is 4. The van der Waals surface area contributed by atoms with E-state index >= 15 is 0 Å². The second-order valence-corrected chi connectivity index (χ2v) is 9.44. The summed E-state index contributed by atoms with van der Waals surface area (Å²) in [5.41, 5.74) is 9.38. The van der Waals surface area contributed by atoms with Gasteiger partial charge in [0, 0.05) is 72.0 Å². The summed E-state index contributed by atoms with van der Waals surface area (Å²) < 4.78 is 15.7. The van der Waals surface area contributed by atoms with E-state index in [1.165, 1.54) is 11.8 Å². The van der Waals surface area contributed by atoms with Crippen molar-refractivity contribution in [3.05, 3.63) is 89.8 Å². The molecule has 7 heteroatoms. The number of nitrogens with zero attached hydrogens (tertiary/aromatic N) is 4. The average Bonchev–Trinajstić information content (AvgIpc) is 3.43. The lowest BCUT2D eigenvalue weighted by molar-refractivity contribution is 0.589. The molecule has 0 radical (unpaired) electrons. The Kier molecular flexibility index (Phi) is 5.77. The minimum Gasteiger partial charge on any atom is -0.369 e. The van der Waals surface area contributed by atoms with Gasteiger partial charge in [-0.1, -0.05) is 24.3 Å². The van der Waals surface area contributed by atoms with E-state index < -0.39 is 0 Å². The quantitative estimate of drug-likeness (QED) is 0.358. The third kappa shape index (κ3) is 4.16. The number of hydrogen-bond donors (Lipinski definition) is 2. The Bertz CT molecular complexity index is 1530. The monoisotopic (exact) mass is 480 g/mol. The summed E-state index contributed by atoms with van der Waals surface area (Å²) in [6.45, 7) is 8.73. The fraction of sp³-hybridized carbons (Fsp3) is 0.241. The van der Waals surface area contributed by atoms with Crippen LogP contribution in [0.5, 0.6) is 0 Å². The van der Waals surface area contributed by atoms with Crippen molar-refractivity contribution in [1.29, 1.82) is 0 Å². The van der Waals surface area contributed by atoms with E-state index in [9.17, 15) is 4.39 Å². The molecule has 5 aromatic rings. The van der Waals surface area contributed by atoms with Crippen molar-refractivity contribution in [2.45, 2.75) is 20.4 Å². The summed E-state index contributed by atoms with van der Waals surface area (Å²) >= 11 is 0. The Labute approximate surface area is 209 Å². The van der Waals surface area contributed by atoms with Gasteiger partial charge in [-0.05, 0) is 55.3 Å². The lowest BCUT2D eigenvalue weighted by Gasteiger charge is -2.29. The van der Waals surface area contributed by atoms with Gasteiger partial charge >= 0.3 is 0 Å². The molecule has 2 N–H and O–H groups in total. The van der Waals surface area contributed by atoms with Gasteiger partial charge in [0.2, 0.25) is 0 Å². The molecule has 3 aromatic heterocycles. The van der Waals surface area contributed by atoms with Gasteiger partial charge in [0.05, 0.1) is 12.2 Å². The van der Waals surface area contributed by atoms with Crippen molar-refractivity contribution in [2.75, 3.05) is 31.1 Å². The van der Waals surface area contributed by atoms with Crippen LogP contribution in [0.25, 0.3) is 33.3 Å². The normalized spacial score (nSPS) is 14.0. The second kappa shape index (κ2) is 9.24. The topological polar surface area (TPSA) is 61.8 Å². The summed E-state index contributed by atoms with van der Waals surface area (Å²) in [6.07, 6.45) is 3.94. The predicted octanol–water partition coefficient (Wildman–Crippen LogP) is 5.31. The number of nitrogens with one attached hydrogen (secondary N) is 2. The van der Waals surface area contributed by atoms with Crippen molar-refractivity contribution < 1.29 is 4.39 Å². The number of piperazine rings is 1. The molecular weight excluding hydrogens is 451 g/mol. The molecule has 1 aliphatic heterocycles. The predicted molar refractivity (Wildman–Crippen MR) is 143 cm³/mol. The largest absolute Gasteiger partial charge is 0.369 e. The van der Waals surface area contributed by atoms with E-state index in [2.05, 4.69) is 52.5 Å². The number of H-pyrrole nitrogens is 1.